The molecule has 2 fully saturated rings. The zero-order chi connectivity index (χ0) is 15.9. The maximum atomic E-state index is 6.51. The molecule has 2 aliphatic rings. The lowest BCUT2D eigenvalue weighted by molar-refractivity contribution is 0.430. The maximum Gasteiger partial charge on any atom is 0.279 e. The zero-order valence-electron chi connectivity index (χ0n) is 12.6. The number of anilines is 1. The van der Waals surface area contributed by atoms with Gasteiger partial charge < -0.3 is 9.19 Å². The van der Waals surface area contributed by atoms with Gasteiger partial charge in [-0.2, -0.15) is 0 Å². The van der Waals surface area contributed by atoms with Crippen LogP contribution in [0.4, 0.5) is 5.69 Å². The molecule has 3 nitrogen and oxygen atoms in total. The van der Waals surface area contributed by atoms with E-state index in [1.807, 2.05) is 30.3 Å². The second kappa shape index (κ2) is 6.21. The third-order valence-corrected chi connectivity index (χ3v) is 9.18. The predicted molar refractivity (Wildman–Crippen MR) is 103 cm³/mol. The topological polar surface area (TPSA) is 15.7 Å². The number of nitrogens with zero attached hydrogens (tertiary/aromatic N) is 2. The van der Waals surface area contributed by atoms with Crippen LogP contribution < -0.4 is 9.19 Å². The normalized spacial score (nSPS) is 27.2. The Morgan fingerprint density at radius 1 is 1.09 bits per heavy atom. The first-order valence-corrected chi connectivity index (χ1v) is 11.2. The van der Waals surface area contributed by atoms with Gasteiger partial charge in [-0.25, -0.2) is 4.67 Å². The van der Waals surface area contributed by atoms with Crippen molar-refractivity contribution in [2.45, 2.75) is 18.9 Å². The fraction of sp³-hybridized carbons (Fsp3) is 0.294. The van der Waals surface area contributed by atoms with Crippen molar-refractivity contribution in [2.24, 2.45) is 0 Å². The van der Waals surface area contributed by atoms with E-state index in [2.05, 4.69) is 49.5 Å². The van der Waals surface area contributed by atoms with Crippen LogP contribution >= 0.6 is 22.5 Å². The number of para-hydroxylation sites is 2. The van der Waals surface area contributed by atoms with Crippen molar-refractivity contribution in [2.75, 3.05) is 17.8 Å². The van der Waals surface area contributed by atoms with E-state index in [4.69, 9.17) is 16.3 Å². The highest BCUT2D eigenvalue weighted by Gasteiger charge is 2.49. The molecule has 2 aromatic carbocycles. The number of halogens is 1. The van der Waals surface area contributed by atoms with Crippen molar-refractivity contribution < 1.29 is 4.52 Å². The third-order valence-electron chi connectivity index (χ3n) is 4.47. The van der Waals surface area contributed by atoms with Crippen LogP contribution in [0.15, 0.2) is 59.1 Å². The molecule has 2 heterocycles. The highest BCUT2D eigenvalue weighted by molar-refractivity contribution is 9.10. The first-order chi connectivity index (χ1) is 11.2. The minimum atomic E-state index is -2.28. The first kappa shape index (κ1) is 15.6. The largest absolute Gasteiger partial charge is 0.436 e. The molecule has 0 spiro atoms. The molecule has 0 bridgehead atoms. The second-order valence-corrected chi connectivity index (χ2v) is 10.3. The van der Waals surface area contributed by atoms with Crippen LogP contribution in [-0.2, 0) is 11.8 Å². The minimum Gasteiger partial charge on any atom is -0.436 e. The number of benzene rings is 2. The average molecular weight is 409 g/mol. The van der Waals surface area contributed by atoms with Crippen molar-refractivity contribution in [3.63, 3.8) is 0 Å². The van der Waals surface area contributed by atoms with Crippen molar-refractivity contribution in [1.82, 2.24) is 4.67 Å². The summed E-state index contributed by atoms with van der Waals surface area (Å²) in [5.41, 5.74) is 1.16. The Hall–Kier alpha value is -0.870. The molecule has 0 N–H and O–H groups in total. The maximum absolute atomic E-state index is 6.51. The van der Waals surface area contributed by atoms with Gasteiger partial charge in [0.1, 0.15) is 5.75 Å². The highest BCUT2D eigenvalue weighted by atomic mass is 79.9. The van der Waals surface area contributed by atoms with Crippen LogP contribution in [0.25, 0.3) is 0 Å². The first-order valence-electron chi connectivity index (χ1n) is 7.83. The molecule has 0 saturated carbocycles. The summed E-state index contributed by atoms with van der Waals surface area (Å²) >= 11 is 9.76. The van der Waals surface area contributed by atoms with Gasteiger partial charge in [0, 0.05) is 24.8 Å². The molecule has 120 valence electrons. The minimum absolute atomic E-state index is 0.517. The van der Waals surface area contributed by atoms with Gasteiger partial charge in [-0.15, -0.1) is 0 Å². The Kier molecular flexibility index (Phi) is 4.22. The van der Waals surface area contributed by atoms with Gasteiger partial charge >= 0.3 is 0 Å². The molecule has 0 unspecified atom stereocenters. The van der Waals surface area contributed by atoms with E-state index in [1.54, 1.807) is 0 Å². The third kappa shape index (κ3) is 2.74. The molecule has 2 atom stereocenters. The summed E-state index contributed by atoms with van der Waals surface area (Å²) in [6.45, 7) is -0.283. The molecule has 2 saturated heterocycles. The molecule has 23 heavy (non-hydrogen) atoms. The van der Waals surface area contributed by atoms with E-state index in [0.29, 0.717) is 6.04 Å². The summed E-state index contributed by atoms with van der Waals surface area (Å²) in [6.07, 6.45) is 2.42. The van der Waals surface area contributed by atoms with Crippen LogP contribution in [0.5, 0.6) is 5.75 Å². The van der Waals surface area contributed by atoms with Gasteiger partial charge in [0.25, 0.3) is 6.57 Å². The molecular weight excluding hydrogens is 391 g/mol. The smallest absolute Gasteiger partial charge is 0.279 e. The fourth-order valence-electron chi connectivity index (χ4n) is 3.38. The molecule has 0 aromatic heterocycles. The molecule has 0 radical (unpaired) electrons. The van der Waals surface area contributed by atoms with Gasteiger partial charge in [-0.3, -0.25) is 0 Å². The SMILES string of the molecule is S=[P@]1(Oc2ccccc2Br)N(c2ccccc2)C[C@@H]2CCCN21. The van der Waals surface area contributed by atoms with Gasteiger partial charge in [0.2, 0.25) is 0 Å². The van der Waals surface area contributed by atoms with Crippen LogP contribution in [0.3, 0.4) is 0 Å². The Morgan fingerprint density at radius 3 is 2.61 bits per heavy atom. The van der Waals surface area contributed by atoms with Crippen molar-refractivity contribution in [1.29, 1.82) is 0 Å². The monoisotopic (exact) mass is 408 g/mol. The number of hydrogen-bond acceptors (Lipinski definition) is 2. The molecule has 0 amide bonds. The molecule has 4 rings (SSSR count). The Labute approximate surface area is 150 Å². The molecule has 2 aromatic rings. The average Bonchev–Trinajstić information content (AvgIpc) is 3.13. The zero-order valence-corrected chi connectivity index (χ0v) is 15.9. The van der Waals surface area contributed by atoms with Crippen LogP contribution in [0, 0.1) is 0 Å². The summed E-state index contributed by atoms with van der Waals surface area (Å²) in [5, 5.41) is 0. The van der Waals surface area contributed by atoms with E-state index in [1.165, 1.54) is 12.8 Å². The molecule has 2 aliphatic heterocycles. The lowest BCUT2D eigenvalue weighted by Gasteiger charge is -2.34. The second-order valence-electron chi connectivity index (χ2n) is 5.89. The highest BCUT2D eigenvalue weighted by Crippen LogP contribution is 2.63. The summed E-state index contributed by atoms with van der Waals surface area (Å²) < 4.78 is 12.2. The van der Waals surface area contributed by atoms with Gasteiger partial charge in [0.15, 0.2) is 0 Å². The van der Waals surface area contributed by atoms with Gasteiger partial charge in [-0.1, -0.05) is 30.3 Å². The Bertz CT molecular complexity index is 757. The molecule has 0 aliphatic carbocycles. The number of hydrogen-bond donors (Lipinski definition) is 0. The van der Waals surface area contributed by atoms with Crippen LogP contribution in [0.2, 0.25) is 0 Å². The van der Waals surface area contributed by atoms with Crippen molar-refractivity contribution in [3.8, 4) is 5.75 Å². The number of fused-ring (bicyclic) bond motifs is 1. The Morgan fingerprint density at radius 2 is 1.83 bits per heavy atom. The summed E-state index contributed by atoms with van der Waals surface area (Å²) in [6, 6.07) is 18.9. The summed E-state index contributed by atoms with van der Waals surface area (Å²) in [4.78, 5) is 0. The Balaban J connectivity index is 1.75. The van der Waals surface area contributed by atoms with Crippen LogP contribution in [0.1, 0.15) is 12.8 Å². The van der Waals surface area contributed by atoms with Gasteiger partial charge in [-0.05, 0) is 64.8 Å². The van der Waals surface area contributed by atoms with E-state index in [0.717, 1.165) is 29.0 Å². The van der Waals surface area contributed by atoms with E-state index >= 15 is 0 Å². The summed E-state index contributed by atoms with van der Waals surface area (Å²) in [7, 11) is 0. The lowest BCUT2D eigenvalue weighted by atomic mass is 10.2. The molecular formula is C17H18BrN2OPS. The number of rotatable bonds is 3. The van der Waals surface area contributed by atoms with E-state index in [9.17, 15) is 0 Å². The van der Waals surface area contributed by atoms with Gasteiger partial charge in [0.05, 0.1) is 4.47 Å². The lowest BCUT2D eigenvalue weighted by Crippen LogP contribution is -2.23. The van der Waals surface area contributed by atoms with Crippen LogP contribution in [-0.4, -0.2) is 23.8 Å². The quantitative estimate of drug-likeness (QED) is 0.660. The summed E-state index contributed by atoms with van der Waals surface area (Å²) in [5.74, 6) is 0.837. The van der Waals surface area contributed by atoms with Crippen molar-refractivity contribution >= 4 is 40.0 Å². The van der Waals surface area contributed by atoms with Crippen molar-refractivity contribution in [3.05, 3.63) is 59.1 Å². The predicted octanol–water partition coefficient (Wildman–Crippen LogP) is 5.04. The van der Waals surface area contributed by atoms with E-state index < -0.39 is 6.57 Å². The fourth-order valence-corrected chi connectivity index (χ4v) is 7.95. The standard InChI is InChI=1S/C17H18BrN2OPS/c18-16-10-4-5-11-17(16)21-22(23)19-12-6-9-15(19)13-20(22)14-7-2-1-3-8-14/h1-5,7-8,10-11,15H,6,9,12-13H2/t15-,22-/m0/s1. The molecule has 6 heteroatoms. The van der Waals surface area contributed by atoms with E-state index in [-0.39, 0.29) is 0 Å².